The van der Waals surface area contributed by atoms with E-state index in [9.17, 15) is 0 Å². The molecule has 4 aliphatic carbocycles. The summed E-state index contributed by atoms with van der Waals surface area (Å²) in [6, 6.07) is 17.3. The van der Waals surface area contributed by atoms with E-state index < -0.39 is 0 Å². The number of benzene rings is 2. The van der Waals surface area contributed by atoms with E-state index in [1.165, 1.54) is 44.5 Å². The molecule has 0 heterocycles. The molecule has 22 heavy (non-hydrogen) atoms. The first-order valence-corrected chi connectivity index (χ1v) is 7.64. The largest absolute Gasteiger partial charge is 0.113 e. The summed E-state index contributed by atoms with van der Waals surface area (Å²) in [4.78, 5) is 0. The summed E-state index contributed by atoms with van der Waals surface area (Å²) in [5, 5.41) is 0. The molecule has 4 aliphatic rings. The van der Waals surface area contributed by atoms with Gasteiger partial charge in [0, 0.05) is 0 Å². The van der Waals surface area contributed by atoms with Crippen LogP contribution in [0.4, 0.5) is 0 Å². The Bertz CT molecular complexity index is 702. The summed E-state index contributed by atoms with van der Waals surface area (Å²) in [6.45, 7) is 8.47. The monoisotopic (exact) mass is 284 g/mol. The third-order valence-corrected chi connectivity index (χ3v) is 4.25. The maximum atomic E-state index is 3.51. The van der Waals surface area contributed by atoms with Gasteiger partial charge in [0.2, 0.25) is 0 Å². The molecule has 0 heteroatoms. The smallest absolute Gasteiger partial charge is 0.00160 e. The average molecular weight is 284 g/mol. The van der Waals surface area contributed by atoms with Gasteiger partial charge in [-0.2, -0.15) is 0 Å². The predicted octanol–water partition coefficient (Wildman–Crippen LogP) is 6.21. The highest BCUT2D eigenvalue weighted by Gasteiger charge is 2.03. The fraction of sp³-hybridized carbons (Fsp3) is 0.182. The highest BCUT2D eigenvalue weighted by atomic mass is 14.1. The van der Waals surface area contributed by atoms with Crippen LogP contribution in [0.2, 0.25) is 0 Å². The molecule has 6 rings (SSSR count). The Morgan fingerprint density at radius 2 is 0.591 bits per heavy atom. The van der Waals surface area contributed by atoms with Crippen LogP contribution in [0.1, 0.15) is 49.9 Å². The van der Waals surface area contributed by atoms with Gasteiger partial charge in [0.05, 0.1) is 0 Å². The van der Waals surface area contributed by atoms with E-state index in [-0.39, 0.29) is 0 Å². The van der Waals surface area contributed by atoms with Gasteiger partial charge in [-0.15, -0.1) is 11.5 Å². The minimum absolute atomic E-state index is 1.17. The Morgan fingerprint density at radius 3 is 0.773 bits per heavy atom. The predicted molar refractivity (Wildman–Crippen MR) is 96.2 cm³/mol. The van der Waals surface area contributed by atoms with Crippen LogP contribution in [-0.2, 0) is 0 Å². The fourth-order valence-corrected chi connectivity index (χ4v) is 2.79. The maximum Gasteiger partial charge on any atom is -0.00160 e. The van der Waals surface area contributed by atoms with E-state index in [1.807, 2.05) is 0 Å². The highest BCUT2D eigenvalue weighted by Crippen LogP contribution is 2.24. The molecule has 0 amide bonds. The van der Waals surface area contributed by atoms with E-state index in [0.29, 0.717) is 0 Å². The summed E-state index contributed by atoms with van der Waals surface area (Å²) in [5.41, 5.74) is 16.5. The van der Waals surface area contributed by atoms with Crippen LogP contribution in [0.5, 0.6) is 0 Å². The lowest BCUT2D eigenvalue weighted by atomic mass is 9.97. The van der Waals surface area contributed by atoms with Crippen molar-refractivity contribution >= 4 is 22.3 Å². The molecule has 0 N–H and O–H groups in total. The number of allylic oxidation sites excluding steroid dienone is 2. The van der Waals surface area contributed by atoms with E-state index in [4.69, 9.17) is 0 Å². The molecule has 0 saturated carbocycles. The van der Waals surface area contributed by atoms with Gasteiger partial charge >= 0.3 is 0 Å². The molecule has 2 aromatic carbocycles. The van der Waals surface area contributed by atoms with E-state index in [0.717, 1.165) is 0 Å². The second-order valence-electron chi connectivity index (χ2n) is 5.90. The van der Waals surface area contributed by atoms with Crippen molar-refractivity contribution < 1.29 is 0 Å². The van der Waals surface area contributed by atoms with Gasteiger partial charge in [-0.1, -0.05) is 48.5 Å². The Balaban J connectivity index is 2.35. The van der Waals surface area contributed by atoms with Crippen molar-refractivity contribution in [3.63, 3.8) is 0 Å². The lowest BCUT2D eigenvalue weighted by Gasteiger charge is -2.07. The van der Waals surface area contributed by atoms with Crippen LogP contribution in [0.25, 0.3) is 22.3 Å². The average Bonchev–Trinajstić information content (AvgIpc) is 2.54. The Morgan fingerprint density at radius 1 is 0.409 bits per heavy atom. The molecule has 0 aliphatic heterocycles. The quantitative estimate of drug-likeness (QED) is 0.504. The maximum absolute atomic E-state index is 3.51. The van der Waals surface area contributed by atoms with Crippen molar-refractivity contribution in [1.29, 1.82) is 0 Å². The van der Waals surface area contributed by atoms with Gasteiger partial charge in [0.25, 0.3) is 0 Å². The van der Waals surface area contributed by atoms with Gasteiger partial charge in [-0.25, -0.2) is 0 Å². The molecule has 0 atom stereocenters. The molecular weight excluding hydrogens is 264 g/mol. The van der Waals surface area contributed by atoms with Crippen LogP contribution < -0.4 is 0 Å². The van der Waals surface area contributed by atoms with Crippen LogP contribution >= 0.6 is 0 Å². The topological polar surface area (TPSA) is 0 Å². The third kappa shape index (κ3) is 2.76. The first kappa shape index (κ1) is 14.4. The number of hydrogen-bond donors (Lipinski definition) is 0. The van der Waals surface area contributed by atoms with Crippen molar-refractivity contribution in [2.75, 3.05) is 0 Å². The van der Waals surface area contributed by atoms with Gasteiger partial charge in [0.15, 0.2) is 0 Å². The van der Waals surface area contributed by atoms with Crippen molar-refractivity contribution in [2.45, 2.75) is 27.7 Å². The molecule has 0 aromatic heterocycles. The van der Waals surface area contributed by atoms with Crippen LogP contribution in [0, 0.1) is 0 Å². The van der Waals surface area contributed by atoms with Gasteiger partial charge in [-0.3, -0.25) is 0 Å². The second-order valence-corrected chi connectivity index (χ2v) is 5.90. The third-order valence-electron chi connectivity index (χ3n) is 4.25. The first-order chi connectivity index (χ1) is 10.5. The first-order valence-electron chi connectivity index (χ1n) is 7.64. The van der Waals surface area contributed by atoms with Crippen molar-refractivity contribution in [3.8, 4) is 0 Å². The zero-order chi connectivity index (χ0) is 15.7. The van der Waals surface area contributed by atoms with Crippen molar-refractivity contribution in [2.24, 2.45) is 0 Å². The molecule has 108 valence electrons. The molecule has 0 radical (unpaired) electrons. The fourth-order valence-electron chi connectivity index (χ4n) is 2.79. The molecule has 0 nitrogen and oxygen atoms in total. The molecular formula is C22H20. The Hall–Kier alpha value is -2.52. The van der Waals surface area contributed by atoms with Crippen molar-refractivity contribution in [3.05, 3.63) is 82.2 Å². The van der Waals surface area contributed by atoms with Gasteiger partial charge < -0.3 is 0 Å². The molecule has 2 aromatic rings. The van der Waals surface area contributed by atoms with E-state index in [2.05, 4.69) is 87.7 Å². The number of hydrogen-bond acceptors (Lipinski definition) is 0. The van der Waals surface area contributed by atoms with Crippen molar-refractivity contribution in [1.82, 2.24) is 0 Å². The lowest BCUT2D eigenvalue weighted by Crippen LogP contribution is -1.86. The van der Waals surface area contributed by atoms with Crippen LogP contribution in [0.3, 0.4) is 0 Å². The summed E-state index contributed by atoms with van der Waals surface area (Å²) in [7, 11) is 0. The normalized spacial score (nSPS) is 14.0. The highest BCUT2D eigenvalue weighted by molar-refractivity contribution is 5.78. The molecule has 0 fully saturated rings. The Kier molecular flexibility index (Phi) is 3.73. The zero-order valence-corrected chi connectivity index (χ0v) is 13.6. The van der Waals surface area contributed by atoms with Gasteiger partial charge in [0.1, 0.15) is 0 Å². The second kappa shape index (κ2) is 5.70. The number of rotatable bonds is 0. The lowest BCUT2D eigenvalue weighted by molar-refractivity contribution is 1.49. The molecule has 0 spiro atoms. The Labute approximate surface area is 132 Å². The van der Waals surface area contributed by atoms with E-state index in [1.54, 1.807) is 0 Å². The summed E-state index contributed by atoms with van der Waals surface area (Å²) in [6.07, 6.45) is 0. The SMILES string of the molecule is CC1=C=C(C)c2ccc(cc2)C(C)=C=C(C)c2ccc1cc2. The summed E-state index contributed by atoms with van der Waals surface area (Å²) < 4.78 is 0. The molecule has 0 saturated heterocycles. The van der Waals surface area contributed by atoms with Crippen LogP contribution in [0.15, 0.2) is 60.0 Å². The molecule has 4 bridgehead atoms. The van der Waals surface area contributed by atoms with Crippen LogP contribution in [-0.4, -0.2) is 0 Å². The zero-order valence-electron chi connectivity index (χ0n) is 13.6. The minimum atomic E-state index is 1.17. The molecule has 0 unspecified atom stereocenters. The minimum Gasteiger partial charge on any atom is -0.113 e. The summed E-state index contributed by atoms with van der Waals surface area (Å²) >= 11 is 0. The van der Waals surface area contributed by atoms with Gasteiger partial charge in [-0.05, 0) is 72.2 Å². The standard InChI is InChI=1S/C22H20/c1-15-13-16(2)20-9-11-22(12-10-20)18(4)14-17(3)21-7-5-19(15)6-8-21/h5-12H,1-4H3. The van der Waals surface area contributed by atoms with E-state index >= 15 is 0 Å². The summed E-state index contributed by atoms with van der Waals surface area (Å²) in [5.74, 6) is 0.